The molecule has 2 N–H and O–H groups in total. The fourth-order valence-electron chi connectivity index (χ4n) is 2.88. The van der Waals surface area contributed by atoms with Gasteiger partial charge in [0, 0.05) is 28.9 Å². The SMILES string of the molecule is Cc1nn(-c2ccccc2)c2[nH]c(=O)c(CNCc3cccs3)cc12. The fraction of sp³-hybridized carbons (Fsp3) is 0.158. The molecule has 0 aliphatic rings. The van der Waals surface area contributed by atoms with Gasteiger partial charge in [-0.25, -0.2) is 4.68 Å². The molecule has 0 unspecified atom stereocenters. The van der Waals surface area contributed by atoms with Gasteiger partial charge in [-0.3, -0.25) is 4.79 Å². The number of nitrogens with zero attached hydrogens (tertiary/aromatic N) is 2. The maximum Gasteiger partial charge on any atom is 0.254 e. The lowest BCUT2D eigenvalue weighted by Crippen LogP contribution is -2.20. The summed E-state index contributed by atoms with van der Waals surface area (Å²) in [6, 6.07) is 15.9. The number of para-hydroxylation sites is 1. The van der Waals surface area contributed by atoms with Gasteiger partial charge in [-0.15, -0.1) is 11.3 Å². The van der Waals surface area contributed by atoms with Crippen LogP contribution in [-0.2, 0) is 13.1 Å². The highest BCUT2D eigenvalue weighted by molar-refractivity contribution is 7.09. The first-order valence-corrected chi connectivity index (χ1v) is 9.00. The number of aromatic nitrogens is 3. The first kappa shape index (κ1) is 15.8. The second-order valence-electron chi connectivity index (χ2n) is 5.90. The molecule has 3 aromatic heterocycles. The summed E-state index contributed by atoms with van der Waals surface area (Å²) in [6.45, 7) is 3.25. The zero-order valence-corrected chi connectivity index (χ0v) is 14.6. The summed E-state index contributed by atoms with van der Waals surface area (Å²) in [5.41, 5.74) is 3.20. The van der Waals surface area contributed by atoms with Crippen molar-refractivity contribution >= 4 is 22.4 Å². The van der Waals surface area contributed by atoms with Gasteiger partial charge in [0.15, 0.2) is 0 Å². The van der Waals surface area contributed by atoms with Crippen molar-refractivity contribution in [3.05, 3.63) is 80.4 Å². The molecule has 6 heteroatoms. The van der Waals surface area contributed by atoms with Gasteiger partial charge in [0.05, 0.1) is 11.4 Å². The van der Waals surface area contributed by atoms with Gasteiger partial charge in [0.25, 0.3) is 5.56 Å². The molecule has 4 aromatic rings. The zero-order valence-electron chi connectivity index (χ0n) is 13.8. The molecule has 5 nitrogen and oxygen atoms in total. The Balaban J connectivity index is 1.66. The number of hydrogen-bond donors (Lipinski definition) is 2. The smallest absolute Gasteiger partial charge is 0.254 e. The second-order valence-corrected chi connectivity index (χ2v) is 6.93. The molecule has 0 atom stereocenters. The average Bonchev–Trinajstić information content (AvgIpc) is 3.25. The van der Waals surface area contributed by atoms with Crippen LogP contribution in [-0.4, -0.2) is 14.8 Å². The number of aryl methyl sites for hydroxylation is 1. The number of aromatic amines is 1. The van der Waals surface area contributed by atoms with Crippen LogP contribution in [0.15, 0.2) is 58.7 Å². The Bertz CT molecular complexity index is 1050. The number of H-pyrrole nitrogens is 1. The van der Waals surface area contributed by atoms with E-state index >= 15 is 0 Å². The molecule has 0 fully saturated rings. The second kappa shape index (κ2) is 6.66. The molecule has 4 rings (SSSR count). The van der Waals surface area contributed by atoms with Crippen molar-refractivity contribution in [2.45, 2.75) is 20.0 Å². The van der Waals surface area contributed by atoms with Crippen LogP contribution in [0.4, 0.5) is 0 Å². The Kier molecular flexibility index (Phi) is 4.21. The van der Waals surface area contributed by atoms with Gasteiger partial charge in [-0.05, 0) is 36.6 Å². The van der Waals surface area contributed by atoms with E-state index in [4.69, 9.17) is 0 Å². The first-order valence-electron chi connectivity index (χ1n) is 8.12. The van der Waals surface area contributed by atoms with Crippen molar-refractivity contribution in [3.8, 4) is 5.69 Å². The number of rotatable bonds is 5. The van der Waals surface area contributed by atoms with E-state index in [1.165, 1.54) is 4.88 Å². The molecule has 0 aliphatic carbocycles. The van der Waals surface area contributed by atoms with Crippen LogP contribution in [0.5, 0.6) is 0 Å². The topological polar surface area (TPSA) is 62.7 Å². The molecule has 0 radical (unpaired) electrons. The highest BCUT2D eigenvalue weighted by atomic mass is 32.1. The van der Waals surface area contributed by atoms with E-state index in [0.717, 1.165) is 34.5 Å². The summed E-state index contributed by atoms with van der Waals surface area (Å²) < 4.78 is 1.79. The van der Waals surface area contributed by atoms with Crippen LogP contribution in [0.2, 0.25) is 0 Å². The number of hydrogen-bond acceptors (Lipinski definition) is 4. The van der Waals surface area contributed by atoms with Crippen molar-refractivity contribution in [1.29, 1.82) is 0 Å². The van der Waals surface area contributed by atoms with Crippen molar-refractivity contribution < 1.29 is 0 Å². The molecule has 0 bridgehead atoms. The standard InChI is InChI=1S/C19H18N4OS/c1-13-17-10-14(11-20-12-16-8-5-9-25-16)19(24)21-18(17)23(22-13)15-6-3-2-4-7-15/h2-10,20H,11-12H2,1H3,(H,21,24). The molecule has 3 heterocycles. The van der Waals surface area contributed by atoms with Crippen LogP contribution in [0.25, 0.3) is 16.7 Å². The van der Waals surface area contributed by atoms with Crippen LogP contribution >= 0.6 is 11.3 Å². The maximum atomic E-state index is 12.5. The predicted molar refractivity (Wildman–Crippen MR) is 101 cm³/mol. The molecule has 0 spiro atoms. The highest BCUT2D eigenvalue weighted by Gasteiger charge is 2.12. The summed E-state index contributed by atoms with van der Waals surface area (Å²) in [4.78, 5) is 16.7. The Labute approximate surface area is 149 Å². The molecule has 1 aromatic carbocycles. The summed E-state index contributed by atoms with van der Waals surface area (Å²) in [5, 5.41) is 10.9. The number of pyridine rings is 1. The number of fused-ring (bicyclic) bond motifs is 1. The maximum absolute atomic E-state index is 12.5. The summed E-state index contributed by atoms with van der Waals surface area (Å²) in [7, 11) is 0. The molecule has 0 aliphatic heterocycles. The largest absolute Gasteiger partial charge is 0.308 e. The van der Waals surface area contributed by atoms with E-state index in [1.807, 2.05) is 49.4 Å². The molecule has 0 saturated heterocycles. The quantitative estimate of drug-likeness (QED) is 0.580. The van der Waals surface area contributed by atoms with E-state index < -0.39 is 0 Å². The van der Waals surface area contributed by atoms with Crippen molar-refractivity contribution in [3.63, 3.8) is 0 Å². The molecular weight excluding hydrogens is 332 g/mol. The molecular formula is C19H18N4OS. The molecule has 126 valence electrons. The van der Waals surface area contributed by atoms with Gasteiger partial charge in [0.2, 0.25) is 0 Å². The van der Waals surface area contributed by atoms with Gasteiger partial charge >= 0.3 is 0 Å². The van der Waals surface area contributed by atoms with E-state index in [9.17, 15) is 4.79 Å². The predicted octanol–water partition coefficient (Wildman–Crippen LogP) is 3.37. The summed E-state index contributed by atoms with van der Waals surface area (Å²) >= 11 is 1.71. The molecule has 0 saturated carbocycles. The minimum Gasteiger partial charge on any atom is -0.308 e. The van der Waals surface area contributed by atoms with Gasteiger partial charge < -0.3 is 10.3 Å². The van der Waals surface area contributed by atoms with E-state index in [1.54, 1.807) is 16.0 Å². The van der Waals surface area contributed by atoms with Crippen LogP contribution in [0, 0.1) is 6.92 Å². The van der Waals surface area contributed by atoms with E-state index in [0.29, 0.717) is 6.54 Å². The van der Waals surface area contributed by atoms with E-state index in [2.05, 4.69) is 26.8 Å². The average molecular weight is 350 g/mol. The van der Waals surface area contributed by atoms with Gasteiger partial charge in [-0.2, -0.15) is 5.10 Å². The monoisotopic (exact) mass is 350 g/mol. The third-order valence-corrected chi connectivity index (χ3v) is 5.02. The lowest BCUT2D eigenvalue weighted by molar-refractivity contribution is 0.695. The Morgan fingerprint density at radius 2 is 2.00 bits per heavy atom. The van der Waals surface area contributed by atoms with Crippen molar-refractivity contribution in [2.75, 3.05) is 0 Å². The minimum atomic E-state index is -0.0803. The Hall–Kier alpha value is -2.70. The number of thiophene rings is 1. The number of nitrogens with one attached hydrogen (secondary N) is 2. The Morgan fingerprint density at radius 3 is 2.76 bits per heavy atom. The van der Waals surface area contributed by atoms with Crippen molar-refractivity contribution in [2.24, 2.45) is 0 Å². The summed E-state index contributed by atoms with van der Waals surface area (Å²) in [6.07, 6.45) is 0. The normalized spacial score (nSPS) is 11.2. The number of benzene rings is 1. The minimum absolute atomic E-state index is 0.0803. The molecule has 25 heavy (non-hydrogen) atoms. The van der Waals surface area contributed by atoms with Gasteiger partial charge in [0.1, 0.15) is 5.65 Å². The highest BCUT2D eigenvalue weighted by Crippen LogP contribution is 2.19. The van der Waals surface area contributed by atoms with E-state index in [-0.39, 0.29) is 5.56 Å². The lowest BCUT2D eigenvalue weighted by atomic mass is 10.2. The first-order chi connectivity index (χ1) is 12.2. The fourth-order valence-corrected chi connectivity index (χ4v) is 3.56. The third kappa shape index (κ3) is 3.14. The lowest BCUT2D eigenvalue weighted by Gasteiger charge is -2.05. The summed E-state index contributed by atoms with van der Waals surface area (Å²) in [5.74, 6) is 0. The third-order valence-electron chi connectivity index (χ3n) is 4.14. The van der Waals surface area contributed by atoms with Crippen LogP contribution in [0.3, 0.4) is 0 Å². The van der Waals surface area contributed by atoms with Gasteiger partial charge in [-0.1, -0.05) is 24.3 Å². The zero-order chi connectivity index (χ0) is 17.2. The van der Waals surface area contributed by atoms with Crippen LogP contribution in [0.1, 0.15) is 16.1 Å². The molecule has 0 amide bonds. The van der Waals surface area contributed by atoms with Crippen LogP contribution < -0.4 is 10.9 Å². The Morgan fingerprint density at radius 1 is 1.16 bits per heavy atom. The van der Waals surface area contributed by atoms with Crippen molar-refractivity contribution in [1.82, 2.24) is 20.1 Å².